The molecule has 0 aliphatic rings. The largest absolute Gasteiger partial charge is 0.457 e. The molecule has 0 amide bonds. The minimum absolute atomic E-state index is 0.0604. The molecule has 3 nitrogen and oxygen atoms in total. The van der Waals surface area contributed by atoms with Crippen molar-refractivity contribution < 1.29 is 9.53 Å². The molecular weight excluding hydrogens is 262 g/mol. The Bertz CT molecular complexity index is 718. The van der Waals surface area contributed by atoms with Gasteiger partial charge in [0.05, 0.1) is 0 Å². The summed E-state index contributed by atoms with van der Waals surface area (Å²) in [5.41, 5.74) is 0.994. The SMILES string of the molecule is CC(C)C=C(C#N)C(=O)OCc1cccc2ccccc12. The Balaban J connectivity index is 2.16. The van der Waals surface area contributed by atoms with Crippen LogP contribution in [0.15, 0.2) is 54.1 Å². The van der Waals surface area contributed by atoms with Crippen molar-refractivity contribution in [1.29, 1.82) is 5.26 Å². The van der Waals surface area contributed by atoms with Gasteiger partial charge in [-0.15, -0.1) is 0 Å². The van der Waals surface area contributed by atoms with Gasteiger partial charge in [-0.25, -0.2) is 4.79 Å². The zero-order chi connectivity index (χ0) is 15.2. The van der Waals surface area contributed by atoms with E-state index in [2.05, 4.69) is 0 Å². The van der Waals surface area contributed by atoms with Crippen LogP contribution in [-0.2, 0) is 16.1 Å². The number of nitriles is 1. The molecule has 0 aliphatic heterocycles. The molecule has 0 heterocycles. The lowest BCUT2D eigenvalue weighted by Gasteiger charge is -2.08. The second kappa shape index (κ2) is 6.71. The summed E-state index contributed by atoms with van der Waals surface area (Å²) in [5.74, 6) is -0.441. The highest BCUT2D eigenvalue weighted by molar-refractivity contribution is 5.93. The first kappa shape index (κ1) is 14.8. The van der Waals surface area contributed by atoms with E-state index in [4.69, 9.17) is 10.00 Å². The third kappa shape index (κ3) is 3.70. The number of carbonyl (C=O) groups excluding carboxylic acids is 1. The minimum Gasteiger partial charge on any atom is -0.457 e. The average molecular weight is 279 g/mol. The van der Waals surface area contributed by atoms with Gasteiger partial charge in [-0.3, -0.25) is 0 Å². The van der Waals surface area contributed by atoms with Crippen LogP contribution >= 0.6 is 0 Å². The molecule has 0 spiro atoms. The Labute approximate surface area is 124 Å². The number of fused-ring (bicyclic) bond motifs is 1. The monoisotopic (exact) mass is 279 g/mol. The van der Waals surface area contributed by atoms with E-state index in [0.717, 1.165) is 16.3 Å². The average Bonchev–Trinajstić information content (AvgIpc) is 2.50. The van der Waals surface area contributed by atoms with Crippen LogP contribution in [0.1, 0.15) is 19.4 Å². The van der Waals surface area contributed by atoms with E-state index in [9.17, 15) is 4.79 Å². The first-order valence-corrected chi connectivity index (χ1v) is 6.87. The van der Waals surface area contributed by atoms with E-state index in [1.165, 1.54) is 0 Å². The summed E-state index contributed by atoms with van der Waals surface area (Å²) in [5, 5.41) is 11.2. The fourth-order valence-electron chi connectivity index (χ4n) is 2.12. The van der Waals surface area contributed by atoms with Crippen LogP contribution in [0, 0.1) is 17.2 Å². The first-order valence-electron chi connectivity index (χ1n) is 6.87. The summed E-state index contributed by atoms with van der Waals surface area (Å²) in [4.78, 5) is 11.9. The lowest BCUT2D eigenvalue weighted by atomic mass is 10.1. The molecule has 0 saturated heterocycles. The Morgan fingerprint density at radius 3 is 2.67 bits per heavy atom. The number of hydrogen-bond acceptors (Lipinski definition) is 3. The van der Waals surface area contributed by atoms with Gasteiger partial charge in [-0.2, -0.15) is 5.26 Å². The lowest BCUT2D eigenvalue weighted by Crippen LogP contribution is -2.08. The molecule has 0 radical (unpaired) electrons. The number of allylic oxidation sites excluding steroid dienone is 1. The van der Waals surface area contributed by atoms with Crippen LogP contribution in [0.25, 0.3) is 10.8 Å². The smallest absolute Gasteiger partial charge is 0.348 e. The highest BCUT2D eigenvalue weighted by atomic mass is 16.5. The topological polar surface area (TPSA) is 50.1 Å². The summed E-state index contributed by atoms with van der Waals surface area (Å²) in [6, 6.07) is 15.7. The molecular formula is C18H17NO2. The Kier molecular flexibility index (Phi) is 4.73. The van der Waals surface area contributed by atoms with Crippen molar-refractivity contribution in [2.45, 2.75) is 20.5 Å². The fraction of sp³-hybridized carbons (Fsp3) is 0.222. The van der Waals surface area contributed by atoms with Gasteiger partial charge in [0.2, 0.25) is 0 Å². The molecule has 2 rings (SSSR count). The summed E-state index contributed by atoms with van der Waals surface area (Å²) in [7, 11) is 0. The normalized spacial score (nSPS) is 11.4. The van der Waals surface area contributed by atoms with Crippen molar-refractivity contribution in [3.05, 3.63) is 59.7 Å². The molecule has 0 bridgehead atoms. The summed E-state index contributed by atoms with van der Waals surface area (Å²) in [6.07, 6.45) is 1.62. The van der Waals surface area contributed by atoms with E-state index in [-0.39, 0.29) is 18.1 Å². The molecule has 0 atom stereocenters. The maximum atomic E-state index is 11.9. The maximum absolute atomic E-state index is 11.9. The Morgan fingerprint density at radius 2 is 1.95 bits per heavy atom. The maximum Gasteiger partial charge on any atom is 0.348 e. The highest BCUT2D eigenvalue weighted by Gasteiger charge is 2.12. The number of ether oxygens (including phenoxy) is 1. The van der Waals surface area contributed by atoms with E-state index >= 15 is 0 Å². The third-order valence-electron chi connectivity index (χ3n) is 3.08. The second-order valence-corrected chi connectivity index (χ2v) is 5.15. The number of rotatable bonds is 4. The van der Waals surface area contributed by atoms with Gasteiger partial charge in [0.15, 0.2) is 0 Å². The van der Waals surface area contributed by atoms with E-state index in [0.29, 0.717) is 0 Å². The lowest BCUT2D eigenvalue weighted by molar-refractivity contribution is -0.139. The predicted octanol–water partition coefficient (Wildman–Crippen LogP) is 3.99. The molecule has 0 unspecified atom stereocenters. The van der Waals surface area contributed by atoms with Gasteiger partial charge >= 0.3 is 5.97 Å². The van der Waals surface area contributed by atoms with Crippen molar-refractivity contribution in [2.75, 3.05) is 0 Å². The minimum atomic E-state index is -0.570. The van der Waals surface area contributed by atoms with Gasteiger partial charge in [-0.05, 0) is 22.3 Å². The summed E-state index contributed by atoms with van der Waals surface area (Å²) in [6.45, 7) is 3.99. The Morgan fingerprint density at radius 1 is 1.24 bits per heavy atom. The van der Waals surface area contributed by atoms with Crippen LogP contribution < -0.4 is 0 Å². The molecule has 0 N–H and O–H groups in total. The van der Waals surface area contributed by atoms with Crippen LogP contribution in [0.2, 0.25) is 0 Å². The van der Waals surface area contributed by atoms with Gasteiger partial charge in [0, 0.05) is 0 Å². The van der Waals surface area contributed by atoms with E-state index in [1.54, 1.807) is 6.08 Å². The van der Waals surface area contributed by atoms with Crippen molar-refractivity contribution in [3.8, 4) is 6.07 Å². The summed E-state index contributed by atoms with van der Waals surface area (Å²) >= 11 is 0. The predicted molar refractivity (Wildman–Crippen MR) is 82.3 cm³/mol. The molecule has 106 valence electrons. The number of carbonyl (C=O) groups is 1. The van der Waals surface area contributed by atoms with Gasteiger partial charge in [0.1, 0.15) is 18.2 Å². The van der Waals surface area contributed by atoms with Crippen LogP contribution in [0.5, 0.6) is 0 Å². The van der Waals surface area contributed by atoms with Crippen LogP contribution in [0.3, 0.4) is 0 Å². The zero-order valence-corrected chi connectivity index (χ0v) is 12.2. The molecule has 0 fully saturated rings. The fourth-order valence-corrected chi connectivity index (χ4v) is 2.12. The third-order valence-corrected chi connectivity index (χ3v) is 3.08. The van der Waals surface area contributed by atoms with E-state index in [1.807, 2.05) is 62.4 Å². The molecule has 0 saturated carbocycles. The standard InChI is InChI=1S/C18H17NO2/c1-13(2)10-16(11-19)18(20)21-12-15-8-5-7-14-6-3-4-9-17(14)15/h3-10,13H,12H2,1-2H3. The quantitative estimate of drug-likeness (QED) is 0.483. The number of esters is 1. The van der Waals surface area contributed by atoms with Gasteiger partial charge in [-0.1, -0.05) is 62.4 Å². The van der Waals surface area contributed by atoms with Crippen molar-refractivity contribution in [2.24, 2.45) is 5.92 Å². The van der Waals surface area contributed by atoms with Crippen molar-refractivity contribution in [3.63, 3.8) is 0 Å². The molecule has 2 aromatic carbocycles. The Hall–Kier alpha value is -2.60. The first-order chi connectivity index (χ1) is 10.1. The van der Waals surface area contributed by atoms with Crippen molar-refractivity contribution >= 4 is 16.7 Å². The summed E-state index contributed by atoms with van der Waals surface area (Å²) < 4.78 is 5.26. The molecule has 21 heavy (non-hydrogen) atoms. The number of nitrogens with zero attached hydrogens (tertiary/aromatic N) is 1. The number of benzene rings is 2. The number of hydrogen-bond donors (Lipinski definition) is 0. The highest BCUT2D eigenvalue weighted by Crippen LogP contribution is 2.19. The van der Waals surface area contributed by atoms with E-state index < -0.39 is 5.97 Å². The van der Waals surface area contributed by atoms with Crippen LogP contribution in [-0.4, -0.2) is 5.97 Å². The molecule has 0 aliphatic carbocycles. The molecule has 0 aromatic heterocycles. The van der Waals surface area contributed by atoms with Crippen molar-refractivity contribution in [1.82, 2.24) is 0 Å². The molecule has 2 aromatic rings. The second-order valence-electron chi connectivity index (χ2n) is 5.15. The molecule has 3 heteroatoms. The van der Waals surface area contributed by atoms with Gasteiger partial charge in [0.25, 0.3) is 0 Å². The van der Waals surface area contributed by atoms with Gasteiger partial charge < -0.3 is 4.74 Å². The zero-order valence-electron chi connectivity index (χ0n) is 12.2. The van der Waals surface area contributed by atoms with Crippen LogP contribution in [0.4, 0.5) is 0 Å².